The zero-order valence-electron chi connectivity index (χ0n) is 11.7. The fraction of sp³-hybridized carbons (Fsp3) is 0.267. The summed E-state index contributed by atoms with van der Waals surface area (Å²) in [6.07, 6.45) is 5.23. The fourth-order valence-electron chi connectivity index (χ4n) is 2.34. The van der Waals surface area contributed by atoms with Crippen molar-refractivity contribution in [2.24, 2.45) is 0 Å². The summed E-state index contributed by atoms with van der Waals surface area (Å²) in [5.41, 5.74) is 7.75. The topological polar surface area (TPSA) is 69.6 Å². The Morgan fingerprint density at radius 3 is 2.70 bits per heavy atom. The number of anilines is 1. The van der Waals surface area contributed by atoms with Crippen LogP contribution in [0.1, 0.15) is 25.5 Å². The van der Waals surface area contributed by atoms with Crippen molar-refractivity contribution in [1.29, 1.82) is 0 Å². The Hall–Kier alpha value is -2.43. The van der Waals surface area contributed by atoms with Crippen molar-refractivity contribution in [3.63, 3.8) is 0 Å². The van der Waals surface area contributed by atoms with Crippen molar-refractivity contribution in [3.05, 3.63) is 42.2 Å². The molecule has 0 saturated carbocycles. The summed E-state index contributed by atoms with van der Waals surface area (Å²) in [5.74, 6) is 1.82. The molecule has 0 aliphatic heterocycles. The quantitative estimate of drug-likeness (QED) is 0.740. The first kappa shape index (κ1) is 12.6. The molecular weight excluding hydrogens is 250 g/mol. The molecule has 2 N–H and O–H groups in total. The highest BCUT2D eigenvalue weighted by Gasteiger charge is 2.12. The van der Waals surface area contributed by atoms with Gasteiger partial charge >= 0.3 is 0 Å². The first-order valence-electron chi connectivity index (χ1n) is 6.82. The second kappa shape index (κ2) is 4.92. The molecule has 5 nitrogen and oxygen atoms in total. The van der Waals surface area contributed by atoms with Crippen LogP contribution in [-0.2, 0) is 12.8 Å². The Balaban J connectivity index is 2.30. The van der Waals surface area contributed by atoms with Gasteiger partial charge in [0.15, 0.2) is 5.82 Å². The van der Waals surface area contributed by atoms with Gasteiger partial charge in [0.2, 0.25) is 0 Å². The van der Waals surface area contributed by atoms with Crippen LogP contribution in [0, 0.1) is 0 Å². The number of aryl methyl sites for hydroxylation is 2. The van der Waals surface area contributed by atoms with E-state index in [-0.39, 0.29) is 0 Å². The molecule has 2 heterocycles. The maximum Gasteiger partial charge on any atom is 0.151 e. The van der Waals surface area contributed by atoms with Crippen LogP contribution in [0.2, 0.25) is 0 Å². The minimum atomic E-state index is 0.728. The van der Waals surface area contributed by atoms with Gasteiger partial charge in [0.05, 0.1) is 5.69 Å². The Bertz CT molecular complexity index is 760. The predicted molar refractivity (Wildman–Crippen MR) is 79.8 cm³/mol. The van der Waals surface area contributed by atoms with Crippen LogP contribution in [0.5, 0.6) is 0 Å². The van der Waals surface area contributed by atoms with Gasteiger partial charge in [0, 0.05) is 41.7 Å². The number of benzene rings is 1. The van der Waals surface area contributed by atoms with Crippen LogP contribution in [0.4, 0.5) is 5.69 Å². The highest BCUT2D eigenvalue weighted by molar-refractivity contribution is 5.97. The number of aromatic nitrogens is 4. The second-order valence-electron chi connectivity index (χ2n) is 4.66. The van der Waals surface area contributed by atoms with Crippen LogP contribution < -0.4 is 5.73 Å². The van der Waals surface area contributed by atoms with Gasteiger partial charge in [-0.25, -0.2) is 9.67 Å². The summed E-state index contributed by atoms with van der Waals surface area (Å²) >= 11 is 0. The summed E-state index contributed by atoms with van der Waals surface area (Å²) in [7, 11) is 0. The van der Waals surface area contributed by atoms with Gasteiger partial charge in [-0.15, -0.1) is 0 Å². The van der Waals surface area contributed by atoms with Gasteiger partial charge in [0.1, 0.15) is 5.82 Å². The number of hydrogen-bond donors (Lipinski definition) is 1. The van der Waals surface area contributed by atoms with Gasteiger partial charge < -0.3 is 5.73 Å². The molecule has 0 aliphatic rings. The number of fused-ring (bicyclic) bond motifs is 1. The van der Waals surface area contributed by atoms with E-state index in [4.69, 9.17) is 5.73 Å². The molecule has 1 aromatic carbocycles. The lowest BCUT2D eigenvalue weighted by atomic mass is 10.1. The molecule has 0 atom stereocenters. The number of nitrogens with zero attached hydrogens (tertiary/aromatic N) is 4. The summed E-state index contributed by atoms with van der Waals surface area (Å²) in [6.45, 7) is 4.14. The van der Waals surface area contributed by atoms with E-state index in [1.807, 2.05) is 22.9 Å². The van der Waals surface area contributed by atoms with Crippen LogP contribution in [0.25, 0.3) is 16.5 Å². The Labute approximate surface area is 117 Å². The van der Waals surface area contributed by atoms with Gasteiger partial charge in [0.25, 0.3) is 0 Å². The number of nitrogens with two attached hydrogens (primary N) is 1. The van der Waals surface area contributed by atoms with E-state index in [1.165, 1.54) is 0 Å². The van der Waals surface area contributed by atoms with Crippen molar-refractivity contribution in [1.82, 2.24) is 19.7 Å². The first-order chi connectivity index (χ1) is 9.74. The fourth-order valence-corrected chi connectivity index (χ4v) is 2.34. The molecule has 0 bridgehead atoms. The van der Waals surface area contributed by atoms with E-state index in [9.17, 15) is 0 Å². The number of pyridine rings is 1. The van der Waals surface area contributed by atoms with E-state index < -0.39 is 0 Å². The van der Waals surface area contributed by atoms with Crippen LogP contribution in [0.15, 0.2) is 30.6 Å². The van der Waals surface area contributed by atoms with Gasteiger partial charge in [-0.3, -0.25) is 4.98 Å². The summed E-state index contributed by atoms with van der Waals surface area (Å²) < 4.78 is 1.92. The third-order valence-corrected chi connectivity index (χ3v) is 3.41. The standard InChI is InChI=1S/C15H17N5/c1-3-14-18-15(4-2)20(19-14)13-6-5-12(16)11-9-17-8-7-10(11)13/h5-9H,3-4,16H2,1-2H3. The highest BCUT2D eigenvalue weighted by Crippen LogP contribution is 2.26. The van der Waals surface area contributed by atoms with E-state index in [0.717, 1.165) is 46.6 Å². The molecule has 3 aromatic rings. The van der Waals surface area contributed by atoms with E-state index in [0.29, 0.717) is 0 Å². The molecule has 0 spiro atoms. The highest BCUT2D eigenvalue weighted by atomic mass is 15.3. The van der Waals surface area contributed by atoms with Crippen molar-refractivity contribution in [2.45, 2.75) is 26.7 Å². The number of nitrogen functional groups attached to an aromatic ring is 1. The van der Waals surface area contributed by atoms with Gasteiger partial charge in [-0.1, -0.05) is 13.8 Å². The monoisotopic (exact) mass is 267 g/mol. The number of rotatable bonds is 3. The van der Waals surface area contributed by atoms with Crippen LogP contribution >= 0.6 is 0 Å². The van der Waals surface area contributed by atoms with Crippen molar-refractivity contribution in [2.75, 3.05) is 5.73 Å². The average molecular weight is 267 g/mol. The molecule has 0 fully saturated rings. The van der Waals surface area contributed by atoms with Crippen molar-refractivity contribution in [3.8, 4) is 5.69 Å². The molecule has 102 valence electrons. The predicted octanol–water partition coefficient (Wildman–Crippen LogP) is 2.52. The maximum atomic E-state index is 6.02. The van der Waals surface area contributed by atoms with E-state index >= 15 is 0 Å². The largest absolute Gasteiger partial charge is 0.398 e. The Morgan fingerprint density at radius 2 is 1.95 bits per heavy atom. The minimum Gasteiger partial charge on any atom is -0.398 e. The molecule has 0 aliphatic carbocycles. The van der Waals surface area contributed by atoms with Gasteiger partial charge in [-0.05, 0) is 18.2 Å². The van der Waals surface area contributed by atoms with Gasteiger partial charge in [-0.2, -0.15) is 5.10 Å². The third kappa shape index (κ3) is 1.91. The maximum absolute atomic E-state index is 6.02. The molecule has 0 saturated heterocycles. The molecule has 0 radical (unpaired) electrons. The average Bonchev–Trinajstić information content (AvgIpc) is 2.91. The van der Waals surface area contributed by atoms with Crippen molar-refractivity contribution >= 4 is 16.5 Å². The lowest BCUT2D eigenvalue weighted by Crippen LogP contribution is -2.04. The summed E-state index contributed by atoms with van der Waals surface area (Å²) in [5, 5.41) is 6.58. The molecule has 5 heteroatoms. The van der Waals surface area contributed by atoms with E-state index in [2.05, 4.69) is 28.9 Å². The molecule has 0 unspecified atom stereocenters. The zero-order chi connectivity index (χ0) is 14.1. The Morgan fingerprint density at radius 1 is 1.10 bits per heavy atom. The minimum absolute atomic E-state index is 0.728. The molecular formula is C15H17N5. The summed E-state index contributed by atoms with van der Waals surface area (Å²) in [4.78, 5) is 8.70. The first-order valence-corrected chi connectivity index (χ1v) is 6.82. The lowest BCUT2D eigenvalue weighted by Gasteiger charge is -2.10. The number of hydrogen-bond acceptors (Lipinski definition) is 4. The van der Waals surface area contributed by atoms with E-state index in [1.54, 1.807) is 12.4 Å². The molecule has 20 heavy (non-hydrogen) atoms. The third-order valence-electron chi connectivity index (χ3n) is 3.41. The second-order valence-corrected chi connectivity index (χ2v) is 4.66. The summed E-state index contributed by atoms with van der Waals surface area (Å²) in [6, 6.07) is 5.85. The van der Waals surface area contributed by atoms with Crippen molar-refractivity contribution < 1.29 is 0 Å². The smallest absolute Gasteiger partial charge is 0.151 e. The molecule has 0 amide bonds. The molecule has 3 rings (SSSR count). The Kier molecular flexibility index (Phi) is 3.10. The SMILES string of the molecule is CCc1nc(CC)n(-c2ccc(N)c3cnccc23)n1. The molecule has 2 aromatic heterocycles. The lowest BCUT2D eigenvalue weighted by molar-refractivity contribution is 0.796. The van der Waals surface area contributed by atoms with Crippen LogP contribution in [-0.4, -0.2) is 19.7 Å². The normalized spacial score (nSPS) is 11.1. The zero-order valence-corrected chi connectivity index (χ0v) is 11.7. The van der Waals surface area contributed by atoms with Crippen LogP contribution in [0.3, 0.4) is 0 Å².